The van der Waals surface area contributed by atoms with Crippen LogP contribution in [0.4, 0.5) is 0 Å². The highest BCUT2D eigenvalue weighted by atomic mass is 16.5. The first kappa shape index (κ1) is 10.1. The van der Waals surface area contributed by atoms with Crippen LogP contribution in [0, 0.1) is 13.8 Å². The zero-order valence-corrected chi connectivity index (χ0v) is 9.14. The van der Waals surface area contributed by atoms with Crippen molar-refractivity contribution in [3.05, 3.63) is 29.3 Å². The van der Waals surface area contributed by atoms with Crippen LogP contribution in [0.2, 0.25) is 0 Å². The van der Waals surface area contributed by atoms with Gasteiger partial charge in [0.25, 0.3) is 0 Å². The maximum Gasteiger partial charge on any atom is 0.123 e. The topological polar surface area (TPSA) is 9.23 Å². The van der Waals surface area contributed by atoms with Crippen LogP contribution in [-0.2, 0) is 0 Å². The molecule has 1 nitrogen and oxygen atoms in total. The summed E-state index contributed by atoms with van der Waals surface area (Å²) in [7, 11) is 0. The third kappa shape index (κ3) is 3.10. The molecule has 72 valence electrons. The van der Waals surface area contributed by atoms with Crippen LogP contribution >= 0.6 is 0 Å². The molecule has 1 aromatic rings. The molecule has 0 saturated carbocycles. The van der Waals surface area contributed by atoms with Gasteiger partial charge in [-0.2, -0.15) is 0 Å². The highest BCUT2D eigenvalue weighted by Crippen LogP contribution is 2.23. The molecular formula is C12H18O. The van der Waals surface area contributed by atoms with E-state index in [-0.39, 0.29) is 5.60 Å². The molecule has 1 rings (SSSR count). The highest BCUT2D eigenvalue weighted by Gasteiger charge is 2.12. The molecule has 0 radical (unpaired) electrons. The minimum atomic E-state index is -0.113. The van der Waals surface area contributed by atoms with Gasteiger partial charge in [-0.05, 0) is 51.8 Å². The van der Waals surface area contributed by atoms with Gasteiger partial charge in [-0.15, -0.1) is 0 Å². The van der Waals surface area contributed by atoms with E-state index in [2.05, 4.69) is 52.8 Å². The molecule has 0 N–H and O–H groups in total. The lowest BCUT2D eigenvalue weighted by Gasteiger charge is -2.22. The van der Waals surface area contributed by atoms with E-state index in [9.17, 15) is 0 Å². The second-order valence-electron chi connectivity index (χ2n) is 4.48. The number of aryl methyl sites for hydroxylation is 2. The van der Waals surface area contributed by atoms with Gasteiger partial charge >= 0.3 is 0 Å². The second kappa shape index (κ2) is 3.41. The fraction of sp³-hybridized carbons (Fsp3) is 0.500. The summed E-state index contributed by atoms with van der Waals surface area (Å²) in [5.41, 5.74) is 2.32. The van der Waals surface area contributed by atoms with Crippen molar-refractivity contribution in [3.63, 3.8) is 0 Å². The lowest BCUT2D eigenvalue weighted by molar-refractivity contribution is 0.130. The first-order chi connectivity index (χ1) is 5.88. The molecule has 0 aliphatic heterocycles. The molecule has 0 bridgehead atoms. The molecule has 0 heterocycles. The molecule has 0 saturated heterocycles. The number of hydrogen-bond donors (Lipinski definition) is 0. The SMILES string of the molecule is Cc1ccc(C)c(OC(C)(C)C)c1. The van der Waals surface area contributed by atoms with Crippen LogP contribution in [-0.4, -0.2) is 5.60 Å². The van der Waals surface area contributed by atoms with Crippen LogP contribution in [0.15, 0.2) is 18.2 Å². The molecule has 1 aromatic carbocycles. The number of ether oxygens (including phenoxy) is 1. The van der Waals surface area contributed by atoms with Crippen molar-refractivity contribution in [1.29, 1.82) is 0 Å². The average molecular weight is 178 g/mol. The summed E-state index contributed by atoms with van der Waals surface area (Å²) in [6.07, 6.45) is 0. The summed E-state index contributed by atoms with van der Waals surface area (Å²) in [5.74, 6) is 0.993. The first-order valence-electron chi connectivity index (χ1n) is 4.65. The van der Waals surface area contributed by atoms with Gasteiger partial charge < -0.3 is 4.74 Å². The number of benzene rings is 1. The summed E-state index contributed by atoms with van der Waals surface area (Å²) >= 11 is 0. The molecule has 0 amide bonds. The van der Waals surface area contributed by atoms with Crippen molar-refractivity contribution in [2.24, 2.45) is 0 Å². The predicted octanol–water partition coefficient (Wildman–Crippen LogP) is 3.48. The van der Waals surface area contributed by atoms with Crippen molar-refractivity contribution in [1.82, 2.24) is 0 Å². The van der Waals surface area contributed by atoms with Gasteiger partial charge in [0.05, 0.1) is 0 Å². The Hall–Kier alpha value is -0.980. The van der Waals surface area contributed by atoms with Gasteiger partial charge in [-0.3, -0.25) is 0 Å². The zero-order valence-electron chi connectivity index (χ0n) is 9.14. The molecule has 0 unspecified atom stereocenters. The summed E-state index contributed by atoms with van der Waals surface area (Å²) in [4.78, 5) is 0. The Kier molecular flexibility index (Phi) is 2.65. The van der Waals surface area contributed by atoms with Crippen LogP contribution in [0.5, 0.6) is 5.75 Å². The first-order valence-corrected chi connectivity index (χ1v) is 4.65. The quantitative estimate of drug-likeness (QED) is 0.639. The Morgan fingerprint density at radius 3 is 2.23 bits per heavy atom. The fourth-order valence-electron chi connectivity index (χ4n) is 1.15. The van der Waals surface area contributed by atoms with Crippen molar-refractivity contribution < 1.29 is 4.74 Å². The lowest BCUT2D eigenvalue weighted by atomic mass is 10.1. The summed E-state index contributed by atoms with van der Waals surface area (Å²) < 4.78 is 5.81. The standard InChI is InChI=1S/C12H18O/c1-9-6-7-10(2)11(8-9)13-12(3,4)5/h6-8H,1-5H3. The molecule has 13 heavy (non-hydrogen) atoms. The monoisotopic (exact) mass is 178 g/mol. The van der Waals surface area contributed by atoms with Crippen LogP contribution in [0.3, 0.4) is 0 Å². The minimum Gasteiger partial charge on any atom is -0.488 e. The normalized spacial score (nSPS) is 11.5. The molecule has 0 aromatic heterocycles. The fourth-order valence-corrected chi connectivity index (χ4v) is 1.15. The van der Waals surface area contributed by atoms with E-state index in [1.165, 1.54) is 11.1 Å². The Balaban J connectivity index is 2.94. The largest absolute Gasteiger partial charge is 0.488 e. The smallest absolute Gasteiger partial charge is 0.123 e. The molecule has 0 aliphatic rings. The van der Waals surface area contributed by atoms with E-state index in [4.69, 9.17) is 4.74 Å². The molecule has 1 heteroatoms. The summed E-state index contributed by atoms with van der Waals surface area (Å²) in [5, 5.41) is 0. The van der Waals surface area contributed by atoms with Gasteiger partial charge in [0, 0.05) is 0 Å². The van der Waals surface area contributed by atoms with E-state index in [0.29, 0.717) is 0 Å². The third-order valence-electron chi connectivity index (χ3n) is 1.76. The molecule has 0 spiro atoms. The van der Waals surface area contributed by atoms with Crippen LogP contribution < -0.4 is 4.74 Å². The van der Waals surface area contributed by atoms with E-state index in [1.54, 1.807) is 0 Å². The Morgan fingerprint density at radius 1 is 1.08 bits per heavy atom. The van der Waals surface area contributed by atoms with Crippen LogP contribution in [0.1, 0.15) is 31.9 Å². The second-order valence-corrected chi connectivity index (χ2v) is 4.48. The molecule has 0 aliphatic carbocycles. The highest BCUT2D eigenvalue weighted by molar-refractivity contribution is 5.36. The van der Waals surface area contributed by atoms with E-state index < -0.39 is 0 Å². The molecule has 0 atom stereocenters. The van der Waals surface area contributed by atoms with E-state index in [0.717, 1.165) is 5.75 Å². The van der Waals surface area contributed by atoms with Crippen molar-refractivity contribution in [2.45, 2.75) is 40.2 Å². The summed E-state index contributed by atoms with van der Waals surface area (Å²) in [6.45, 7) is 10.3. The van der Waals surface area contributed by atoms with Crippen molar-refractivity contribution >= 4 is 0 Å². The molecular weight excluding hydrogens is 160 g/mol. The maximum atomic E-state index is 5.81. The third-order valence-corrected chi connectivity index (χ3v) is 1.76. The zero-order chi connectivity index (χ0) is 10.1. The maximum absolute atomic E-state index is 5.81. The van der Waals surface area contributed by atoms with Gasteiger partial charge in [0.15, 0.2) is 0 Å². The van der Waals surface area contributed by atoms with Gasteiger partial charge in [0.1, 0.15) is 11.4 Å². The Morgan fingerprint density at radius 2 is 1.69 bits per heavy atom. The average Bonchev–Trinajstić information content (AvgIpc) is 1.94. The van der Waals surface area contributed by atoms with E-state index in [1.807, 2.05) is 0 Å². The van der Waals surface area contributed by atoms with Gasteiger partial charge in [-0.25, -0.2) is 0 Å². The Bertz CT molecular complexity index is 294. The van der Waals surface area contributed by atoms with Crippen molar-refractivity contribution in [3.8, 4) is 5.75 Å². The Labute approximate surface area is 80.7 Å². The number of hydrogen-bond acceptors (Lipinski definition) is 1. The summed E-state index contributed by atoms with van der Waals surface area (Å²) in [6, 6.07) is 6.28. The number of rotatable bonds is 1. The lowest BCUT2D eigenvalue weighted by Crippen LogP contribution is -2.23. The van der Waals surface area contributed by atoms with Gasteiger partial charge in [0.2, 0.25) is 0 Å². The van der Waals surface area contributed by atoms with Crippen molar-refractivity contribution in [2.75, 3.05) is 0 Å². The van der Waals surface area contributed by atoms with E-state index >= 15 is 0 Å². The van der Waals surface area contributed by atoms with Gasteiger partial charge in [-0.1, -0.05) is 12.1 Å². The minimum absolute atomic E-state index is 0.113. The predicted molar refractivity (Wildman–Crippen MR) is 56.3 cm³/mol. The molecule has 0 fully saturated rings. The van der Waals surface area contributed by atoms with Crippen LogP contribution in [0.25, 0.3) is 0 Å².